The molecular formula is C31H43BN5O5. The largest absolute Gasteiger partial charge is 0.508 e. The fraction of sp³-hybridized carbons (Fsp3) is 0.452. The third-order valence-corrected chi connectivity index (χ3v) is 6.85. The topological polar surface area (TPSA) is 157 Å². The molecule has 10 nitrogen and oxygen atoms in total. The number of aromatic hydroxyl groups is 1. The van der Waals surface area contributed by atoms with Crippen molar-refractivity contribution >= 4 is 25.2 Å². The highest BCUT2D eigenvalue weighted by Gasteiger charge is 2.32. The number of phenols is 1. The van der Waals surface area contributed by atoms with Crippen LogP contribution in [0.25, 0.3) is 0 Å². The van der Waals surface area contributed by atoms with Gasteiger partial charge in [0.25, 0.3) is 5.91 Å². The van der Waals surface area contributed by atoms with Crippen LogP contribution in [0.4, 0.5) is 0 Å². The van der Waals surface area contributed by atoms with Gasteiger partial charge >= 0.3 is 7.48 Å². The van der Waals surface area contributed by atoms with Crippen LogP contribution in [-0.2, 0) is 22.6 Å². The second-order valence-corrected chi connectivity index (χ2v) is 10.2. The van der Waals surface area contributed by atoms with Gasteiger partial charge in [-0.1, -0.05) is 30.2 Å². The van der Waals surface area contributed by atoms with Crippen molar-refractivity contribution in [3.8, 4) is 18.1 Å². The molecule has 1 aliphatic heterocycles. The Bertz CT molecular complexity index is 1170. The van der Waals surface area contributed by atoms with E-state index in [4.69, 9.17) is 17.3 Å². The number of carbonyl (C=O) groups is 3. The standard InChI is InChI=1S/C16H23BN3O3.C15H20N2O2/c1-11(16(22)20-9-3-4-14(20)17-23)19-15(21)13-7-5-12(6-8-13)10-18-2;1-2-13(5-3-4-10-16)17-15(19)11-12-6-8-14(18)9-7-12/h5-8,11,14,18,23H,3-4,9-10H2,1-2H3,(H,19,21);1,6-9,13,18H,3-5,10-11,16H2,(H,17,19). The summed E-state index contributed by atoms with van der Waals surface area (Å²) >= 11 is 0. The number of hydrogen-bond acceptors (Lipinski definition) is 7. The van der Waals surface area contributed by atoms with Crippen LogP contribution in [0.5, 0.6) is 5.75 Å². The van der Waals surface area contributed by atoms with Crippen molar-refractivity contribution in [2.45, 2.75) is 70.0 Å². The van der Waals surface area contributed by atoms with E-state index < -0.39 is 6.04 Å². The van der Waals surface area contributed by atoms with Gasteiger partial charge in [-0.15, -0.1) is 6.42 Å². The fourth-order valence-corrected chi connectivity index (χ4v) is 4.52. The van der Waals surface area contributed by atoms with Crippen molar-refractivity contribution in [2.24, 2.45) is 5.73 Å². The zero-order valence-electron chi connectivity index (χ0n) is 24.5. The molecule has 0 saturated carbocycles. The first-order chi connectivity index (χ1) is 20.2. The molecule has 225 valence electrons. The lowest BCUT2D eigenvalue weighted by atomic mass is 9.86. The number of unbranched alkanes of at least 4 members (excludes halogenated alkanes) is 1. The summed E-state index contributed by atoms with van der Waals surface area (Å²) in [6.45, 7) is 3.66. The predicted octanol–water partition coefficient (Wildman–Crippen LogP) is 1.27. The summed E-state index contributed by atoms with van der Waals surface area (Å²) in [6, 6.07) is 13.0. The van der Waals surface area contributed by atoms with E-state index in [1.54, 1.807) is 48.2 Å². The van der Waals surface area contributed by atoms with Crippen LogP contribution in [0.3, 0.4) is 0 Å². The number of terminal acetylenes is 1. The van der Waals surface area contributed by atoms with Crippen molar-refractivity contribution in [3.05, 3.63) is 65.2 Å². The molecular weight excluding hydrogens is 533 g/mol. The summed E-state index contributed by atoms with van der Waals surface area (Å²) in [5.74, 6) is 1.96. The van der Waals surface area contributed by atoms with Crippen LogP contribution in [-0.4, -0.2) is 78.4 Å². The number of amides is 3. The number of phenolic OH excluding ortho intramolecular Hbond substituents is 1. The Balaban J connectivity index is 0.000000299. The van der Waals surface area contributed by atoms with Gasteiger partial charge in [-0.05, 0) is 88.0 Å². The van der Waals surface area contributed by atoms with Crippen LogP contribution in [0.2, 0.25) is 0 Å². The molecule has 1 heterocycles. The minimum absolute atomic E-state index is 0.110. The molecule has 2 aromatic rings. The molecule has 11 heteroatoms. The molecule has 1 saturated heterocycles. The van der Waals surface area contributed by atoms with Crippen LogP contribution < -0.4 is 21.7 Å². The molecule has 3 unspecified atom stereocenters. The number of nitrogens with two attached hydrogens (primary N) is 1. The molecule has 2 aromatic carbocycles. The van der Waals surface area contributed by atoms with Gasteiger partial charge < -0.3 is 36.7 Å². The maximum absolute atomic E-state index is 12.4. The second-order valence-electron chi connectivity index (χ2n) is 10.2. The van der Waals surface area contributed by atoms with Gasteiger partial charge in [0, 0.05) is 24.6 Å². The van der Waals surface area contributed by atoms with Crippen LogP contribution in [0.15, 0.2) is 48.5 Å². The Morgan fingerprint density at radius 2 is 1.76 bits per heavy atom. The van der Waals surface area contributed by atoms with E-state index in [0.717, 1.165) is 57.3 Å². The van der Waals surface area contributed by atoms with E-state index in [0.29, 0.717) is 18.7 Å². The third kappa shape index (κ3) is 11.6. The first-order valence-electron chi connectivity index (χ1n) is 14.3. The normalized spacial score (nSPS) is 15.4. The molecule has 0 aromatic heterocycles. The highest BCUT2D eigenvalue weighted by atomic mass is 16.3. The first kappa shape index (κ1) is 34.4. The van der Waals surface area contributed by atoms with Crippen molar-refractivity contribution in [3.63, 3.8) is 0 Å². The van der Waals surface area contributed by atoms with Gasteiger partial charge in [0.05, 0.1) is 12.5 Å². The molecule has 1 fully saturated rings. The SMILES string of the molecule is C#CC(CCCCN)NC(=O)Cc1ccc(O)cc1.CNCc1ccc(C(=O)NC(C)C(=O)N2CCCC2[B]O)cc1. The van der Waals surface area contributed by atoms with Crippen molar-refractivity contribution in [1.82, 2.24) is 20.9 Å². The minimum atomic E-state index is -0.625. The van der Waals surface area contributed by atoms with Gasteiger partial charge in [0.2, 0.25) is 11.8 Å². The van der Waals surface area contributed by atoms with Crippen LogP contribution in [0.1, 0.15) is 60.5 Å². The molecule has 7 N–H and O–H groups in total. The quantitative estimate of drug-likeness (QED) is 0.119. The van der Waals surface area contributed by atoms with Gasteiger partial charge in [0.1, 0.15) is 11.8 Å². The van der Waals surface area contributed by atoms with Gasteiger partial charge in [0.15, 0.2) is 0 Å². The van der Waals surface area contributed by atoms with Crippen molar-refractivity contribution < 1.29 is 24.5 Å². The Morgan fingerprint density at radius 3 is 2.36 bits per heavy atom. The van der Waals surface area contributed by atoms with Crippen LogP contribution >= 0.6 is 0 Å². The number of carbonyl (C=O) groups excluding carboxylic acids is 3. The lowest BCUT2D eigenvalue weighted by molar-refractivity contribution is -0.132. The zero-order valence-corrected chi connectivity index (χ0v) is 24.5. The predicted molar refractivity (Wildman–Crippen MR) is 164 cm³/mol. The lowest BCUT2D eigenvalue weighted by Crippen LogP contribution is -2.49. The Morgan fingerprint density at radius 1 is 1.10 bits per heavy atom. The molecule has 42 heavy (non-hydrogen) atoms. The molecule has 3 atom stereocenters. The third-order valence-electron chi connectivity index (χ3n) is 6.85. The molecule has 1 radical (unpaired) electrons. The van der Waals surface area contributed by atoms with E-state index in [1.807, 2.05) is 19.2 Å². The zero-order chi connectivity index (χ0) is 30.9. The van der Waals surface area contributed by atoms with Crippen molar-refractivity contribution in [2.75, 3.05) is 20.1 Å². The molecule has 0 spiro atoms. The monoisotopic (exact) mass is 576 g/mol. The summed E-state index contributed by atoms with van der Waals surface area (Å²) in [5, 5.41) is 26.9. The van der Waals surface area contributed by atoms with Gasteiger partial charge in [-0.2, -0.15) is 0 Å². The van der Waals surface area contributed by atoms with Crippen LogP contribution in [0, 0.1) is 12.3 Å². The number of benzene rings is 2. The highest BCUT2D eigenvalue weighted by molar-refractivity contribution is 6.28. The summed E-state index contributed by atoms with van der Waals surface area (Å²) in [5.41, 5.74) is 7.87. The Kier molecular flexibility index (Phi) is 15.2. The Labute approximate surface area is 249 Å². The molecule has 0 bridgehead atoms. The summed E-state index contributed by atoms with van der Waals surface area (Å²) in [6.07, 6.45) is 9.83. The molecule has 3 amide bonds. The number of nitrogens with zero attached hydrogens (tertiary/aromatic N) is 1. The summed E-state index contributed by atoms with van der Waals surface area (Å²) in [4.78, 5) is 38.1. The second kappa shape index (κ2) is 18.6. The Hall–Kier alpha value is -3.85. The minimum Gasteiger partial charge on any atom is -0.508 e. The van der Waals surface area contributed by atoms with Gasteiger partial charge in [-0.3, -0.25) is 14.4 Å². The smallest absolute Gasteiger partial charge is 0.312 e. The van der Waals surface area contributed by atoms with E-state index in [1.165, 1.54) is 0 Å². The number of nitrogens with one attached hydrogen (secondary N) is 3. The molecule has 1 aliphatic rings. The highest BCUT2D eigenvalue weighted by Crippen LogP contribution is 2.17. The van der Waals surface area contributed by atoms with E-state index in [9.17, 15) is 19.4 Å². The maximum Gasteiger partial charge on any atom is 0.312 e. The van der Waals surface area contributed by atoms with E-state index in [2.05, 4.69) is 21.9 Å². The molecule has 0 aliphatic carbocycles. The average molecular weight is 577 g/mol. The molecule has 3 rings (SSSR count). The summed E-state index contributed by atoms with van der Waals surface area (Å²) < 4.78 is 0. The number of rotatable bonds is 13. The number of hydrogen-bond donors (Lipinski definition) is 6. The fourth-order valence-electron chi connectivity index (χ4n) is 4.52. The number of likely N-dealkylation sites (tertiary alicyclic amines) is 1. The summed E-state index contributed by atoms with van der Waals surface area (Å²) in [7, 11) is 2.92. The van der Waals surface area contributed by atoms with E-state index >= 15 is 0 Å². The van der Waals surface area contributed by atoms with Gasteiger partial charge in [-0.25, -0.2) is 0 Å². The first-order valence-corrected chi connectivity index (χ1v) is 14.3. The van der Waals surface area contributed by atoms with E-state index in [-0.39, 0.29) is 41.9 Å². The van der Waals surface area contributed by atoms with Crippen molar-refractivity contribution in [1.29, 1.82) is 0 Å². The lowest BCUT2D eigenvalue weighted by Gasteiger charge is -2.26. The average Bonchev–Trinajstić information content (AvgIpc) is 3.47. The maximum atomic E-state index is 12.4.